The highest BCUT2D eigenvalue weighted by molar-refractivity contribution is 6.01. The molecule has 1 spiro atoms. The van der Waals surface area contributed by atoms with Crippen LogP contribution in [0, 0.1) is 18.3 Å². The fourth-order valence-corrected chi connectivity index (χ4v) is 5.57. The summed E-state index contributed by atoms with van der Waals surface area (Å²) in [6.07, 6.45) is -2.15. The van der Waals surface area contributed by atoms with Gasteiger partial charge in [-0.25, -0.2) is 4.98 Å². The van der Waals surface area contributed by atoms with Crippen LogP contribution in [0.5, 0.6) is 5.88 Å². The normalized spacial score (nSPS) is 27.5. The summed E-state index contributed by atoms with van der Waals surface area (Å²) in [5, 5.41) is 4.06. The number of pyridine rings is 1. The van der Waals surface area contributed by atoms with Crippen molar-refractivity contribution in [3.8, 4) is 17.1 Å². The standard InChI is InChI=1S/C24H20F3N3O3/c1-13-8-18(29-33-13)16-4-2-3-5-17(16)22(31)30-12-15-9-23(15)10-19(21(23)30)32-20-7-6-14(11-28-20)24(25,26)27/h2-8,11,15,19,21H,9-10,12H2,1H3. The van der Waals surface area contributed by atoms with E-state index >= 15 is 0 Å². The average Bonchev–Trinajstić information content (AvgIpc) is 3.22. The van der Waals surface area contributed by atoms with Crippen LogP contribution in [0.3, 0.4) is 0 Å². The van der Waals surface area contributed by atoms with Crippen LogP contribution < -0.4 is 4.74 Å². The summed E-state index contributed by atoms with van der Waals surface area (Å²) < 4.78 is 49.6. The van der Waals surface area contributed by atoms with Gasteiger partial charge in [0.25, 0.3) is 5.91 Å². The minimum absolute atomic E-state index is 0.0612. The first-order chi connectivity index (χ1) is 15.8. The molecule has 3 aliphatic rings. The van der Waals surface area contributed by atoms with Gasteiger partial charge in [0.2, 0.25) is 5.88 Å². The van der Waals surface area contributed by atoms with Crippen molar-refractivity contribution in [3.63, 3.8) is 0 Å². The maximum Gasteiger partial charge on any atom is 0.417 e. The molecular weight excluding hydrogens is 435 g/mol. The molecule has 170 valence electrons. The summed E-state index contributed by atoms with van der Waals surface area (Å²) in [6, 6.07) is 11.2. The number of likely N-dealkylation sites (tertiary alicyclic amines) is 1. The summed E-state index contributed by atoms with van der Waals surface area (Å²) in [5.41, 5.74) is 1.09. The molecular formula is C24H20F3N3O3. The number of rotatable bonds is 4. The first-order valence-corrected chi connectivity index (χ1v) is 10.8. The third-order valence-corrected chi connectivity index (χ3v) is 7.21. The first-order valence-electron chi connectivity index (χ1n) is 10.8. The minimum Gasteiger partial charge on any atom is -0.472 e. The van der Waals surface area contributed by atoms with Crippen LogP contribution in [-0.4, -0.2) is 39.6 Å². The van der Waals surface area contributed by atoms with Gasteiger partial charge in [0, 0.05) is 41.4 Å². The van der Waals surface area contributed by atoms with Crippen LogP contribution in [0.25, 0.3) is 11.3 Å². The second-order valence-corrected chi connectivity index (χ2v) is 9.15. The molecule has 1 aromatic carbocycles. The predicted octanol–water partition coefficient (Wildman–Crippen LogP) is 4.75. The van der Waals surface area contributed by atoms with Gasteiger partial charge in [0.05, 0.1) is 11.6 Å². The summed E-state index contributed by atoms with van der Waals surface area (Å²) in [7, 11) is 0. The van der Waals surface area contributed by atoms with E-state index < -0.39 is 11.7 Å². The Balaban J connectivity index is 1.24. The molecule has 6 nitrogen and oxygen atoms in total. The lowest BCUT2D eigenvalue weighted by atomic mass is 9.73. The number of benzene rings is 1. The zero-order valence-corrected chi connectivity index (χ0v) is 17.7. The van der Waals surface area contributed by atoms with Crippen molar-refractivity contribution in [1.29, 1.82) is 0 Å². The quantitative estimate of drug-likeness (QED) is 0.568. The number of carbonyl (C=O) groups is 1. The molecule has 0 N–H and O–H groups in total. The smallest absolute Gasteiger partial charge is 0.417 e. The molecule has 3 fully saturated rings. The first kappa shape index (κ1) is 20.3. The molecule has 9 heteroatoms. The van der Waals surface area contributed by atoms with Crippen molar-refractivity contribution in [2.24, 2.45) is 11.3 Å². The molecule has 3 heterocycles. The number of nitrogens with zero attached hydrogens (tertiary/aromatic N) is 3. The van der Waals surface area contributed by atoms with E-state index in [9.17, 15) is 18.0 Å². The second kappa shape index (κ2) is 6.82. The largest absolute Gasteiger partial charge is 0.472 e. The van der Waals surface area contributed by atoms with Crippen molar-refractivity contribution in [2.75, 3.05) is 6.54 Å². The lowest BCUT2D eigenvalue weighted by Crippen LogP contribution is -2.59. The molecule has 0 bridgehead atoms. The van der Waals surface area contributed by atoms with Crippen LogP contribution in [0.2, 0.25) is 0 Å². The van der Waals surface area contributed by atoms with Crippen molar-refractivity contribution in [2.45, 2.75) is 38.1 Å². The van der Waals surface area contributed by atoms with Gasteiger partial charge in [-0.05, 0) is 37.8 Å². The van der Waals surface area contributed by atoms with Gasteiger partial charge in [-0.15, -0.1) is 0 Å². The Bertz CT molecular complexity index is 1240. The Morgan fingerprint density at radius 3 is 2.73 bits per heavy atom. The highest BCUT2D eigenvalue weighted by Gasteiger charge is 2.76. The molecule has 4 atom stereocenters. The van der Waals surface area contributed by atoms with E-state index in [0.717, 1.165) is 25.1 Å². The van der Waals surface area contributed by atoms with E-state index in [1.165, 1.54) is 6.07 Å². The number of alkyl halides is 3. The monoisotopic (exact) mass is 455 g/mol. The summed E-state index contributed by atoms with van der Waals surface area (Å²) in [5.74, 6) is 1.13. The lowest BCUT2D eigenvalue weighted by molar-refractivity contribution is -0.137. The molecule has 0 radical (unpaired) electrons. The molecule has 1 aliphatic heterocycles. The average molecular weight is 455 g/mol. The van der Waals surface area contributed by atoms with E-state index in [0.29, 0.717) is 35.0 Å². The molecule has 6 rings (SSSR count). The fourth-order valence-electron chi connectivity index (χ4n) is 5.57. The third kappa shape index (κ3) is 3.13. The van der Waals surface area contributed by atoms with Crippen LogP contribution in [-0.2, 0) is 6.18 Å². The molecule has 4 unspecified atom stereocenters. The second-order valence-electron chi connectivity index (χ2n) is 9.15. The van der Waals surface area contributed by atoms with Gasteiger partial charge in [-0.2, -0.15) is 13.2 Å². The molecule has 2 aromatic heterocycles. The van der Waals surface area contributed by atoms with Gasteiger partial charge in [0.1, 0.15) is 17.6 Å². The number of aryl methyl sites for hydroxylation is 1. The van der Waals surface area contributed by atoms with E-state index in [4.69, 9.17) is 9.26 Å². The topological polar surface area (TPSA) is 68.5 Å². The van der Waals surface area contributed by atoms with E-state index in [2.05, 4.69) is 10.1 Å². The van der Waals surface area contributed by atoms with Gasteiger partial charge >= 0.3 is 6.18 Å². The molecule has 2 aliphatic carbocycles. The van der Waals surface area contributed by atoms with Crippen LogP contribution in [0.4, 0.5) is 13.2 Å². The zero-order valence-electron chi connectivity index (χ0n) is 17.7. The number of carbonyl (C=O) groups excluding carboxylic acids is 1. The molecule has 33 heavy (non-hydrogen) atoms. The van der Waals surface area contributed by atoms with Gasteiger partial charge < -0.3 is 14.2 Å². The third-order valence-electron chi connectivity index (χ3n) is 7.21. The highest BCUT2D eigenvalue weighted by atomic mass is 19.4. The number of aromatic nitrogens is 2. The van der Waals surface area contributed by atoms with Crippen molar-refractivity contribution in [3.05, 3.63) is 65.5 Å². The number of hydrogen-bond donors (Lipinski definition) is 0. The van der Waals surface area contributed by atoms with Crippen LogP contribution in [0.15, 0.2) is 53.2 Å². The Morgan fingerprint density at radius 2 is 2.03 bits per heavy atom. The Kier molecular flexibility index (Phi) is 4.19. The molecule has 1 saturated heterocycles. The molecule has 2 saturated carbocycles. The lowest BCUT2D eigenvalue weighted by Gasteiger charge is -2.47. The predicted molar refractivity (Wildman–Crippen MR) is 110 cm³/mol. The fraction of sp³-hybridized carbons (Fsp3) is 0.375. The highest BCUT2D eigenvalue weighted by Crippen LogP contribution is 2.71. The molecule has 1 amide bonds. The van der Waals surface area contributed by atoms with Gasteiger partial charge in [-0.1, -0.05) is 23.4 Å². The maximum atomic E-state index is 13.6. The van der Waals surface area contributed by atoms with Crippen LogP contribution >= 0.6 is 0 Å². The molecule has 3 aromatic rings. The van der Waals surface area contributed by atoms with Gasteiger partial charge in [0.15, 0.2) is 0 Å². The Labute approximate surface area is 187 Å². The van der Waals surface area contributed by atoms with E-state index in [-0.39, 0.29) is 29.3 Å². The number of ether oxygens (including phenoxy) is 1. The number of amides is 1. The van der Waals surface area contributed by atoms with Crippen molar-refractivity contribution in [1.82, 2.24) is 15.0 Å². The summed E-state index contributed by atoms with van der Waals surface area (Å²) >= 11 is 0. The number of halogens is 3. The summed E-state index contributed by atoms with van der Waals surface area (Å²) in [4.78, 5) is 19.3. The minimum atomic E-state index is -4.45. The van der Waals surface area contributed by atoms with E-state index in [1.807, 2.05) is 23.1 Å². The number of hydrogen-bond acceptors (Lipinski definition) is 5. The Morgan fingerprint density at radius 1 is 1.21 bits per heavy atom. The van der Waals surface area contributed by atoms with Crippen molar-refractivity contribution >= 4 is 5.91 Å². The van der Waals surface area contributed by atoms with E-state index in [1.54, 1.807) is 19.1 Å². The SMILES string of the molecule is Cc1cc(-c2ccccc2C(=O)N2CC3CC34CC(Oc3ccc(C(F)(F)F)cn3)C24)no1. The zero-order chi connectivity index (χ0) is 23.0. The summed E-state index contributed by atoms with van der Waals surface area (Å²) in [6.45, 7) is 2.44. The van der Waals surface area contributed by atoms with Gasteiger partial charge in [-0.3, -0.25) is 4.79 Å². The Hall–Kier alpha value is -3.36. The van der Waals surface area contributed by atoms with Crippen molar-refractivity contribution < 1.29 is 27.2 Å². The van der Waals surface area contributed by atoms with Crippen LogP contribution in [0.1, 0.15) is 34.5 Å². The maximum absolute atomic E-state index is 13.6. The number of piperidine rings is 1.